The second-order valence-corrected chi connectivity index (χ2v) is 5.54. The summed E-state index contributed by atoms with van der Waals surface area (Å²) in [5.74, 6) is -1.78. The van der Waals surface area contributed by atoms with Gasteiger partial charge in [-0.25, -0.2) is 18.7 Å². The van der Waals surface area contributed by atoms with E-state index in [1.54, 1.807) is 0 Å². The maximum atomic E-state index is 13.7. The van der Waals surface area contributed by atoms with E-state index in [-0.39, 0.29) is 11.4 Å². The number of aryl methyl sites for hydroxylation is 1. The average molecular weight is 354 g/mol. The van der Waals surface area contributed by atoms with Crippen LogP contribution in [0.25, 0.3) is 0 Å². The lowest BCUT2D eigenvalue weighted by Crippen LogP contribution is -2.15. The van der Waals surface area contributed by atoms with Crippen molar-refractivity contribution in [3.05, 3.63) is 77.8 Å². The number of carbonyl (C=O) groups is 1. The molecule has 132 valence electrons. The molecule has 26 heavy (non-hydrogen) atoms. The first-order valence-corrected chi connectivity index (χ1v) is 7.99. The second kappa shape index (κ2) is 7.69. The molecule has 2 aromatic carbocycles. The maximum Gasteiger partial charge on any atom is 0.274 e. The van der Waals surface area contributed by atoms with Crippen molar-refractivity contribution >= 4 is 23.1 Å². The fourth-order valence-corrected chi connectivity index (χ4v) is 2.30. The smallest absolute Gasteiger partial charge is 0.274 e. The molecule has 0 aliphatic heterocycles. The van der Waals surface area contributed by atoms with Gasteiger partial charge in [0.05, 0.1) is 5.69 Å². The summed E-state index contributed by atoms with van der Waals surface area (Å²) in [6, 6.07) is 12.2. The monoisotopic (exact) mass is 354 g/mol. The summed E-state index contributed by atoms with van der Waals surface area (Å²) in [5, 5.41) is 5.44. The van der Waals surface area contributed by atoms with Crippen LogP contribution in [0.2, 0.25) is 0 Å². The highest BCUT2D eigenvalue weighted by Crippen LogP contribution is 2.18. The largest absolute Gasteiger partial charge is 0.340 e. The number of anilines is 3. The SMILES string of the molecule is CCc1ccc(Nc2cc(C(=O)Nc3ccc(F)cc3F)ncn2)cc1. The van der Waals surface area contributed by atoms with Gasteiger partial charge in [0.15, 0.2) is 0 Å². The van der Waals surface area contributed by atoms with Crippen molar-refractivity contribution in [2.24, 2.45) is 0 Å². The van der Waals surface area contributed by atoms with Crippen LogP contribution in [0.4, 0.5) is 26.0 Å². The van der Waals surface area contributed by atoms with Crippen molar-refractivity contribution in [3.8, 4) is 0 Å². The number of hydrogen-bond acceptors (Lipinski definition) is 4. The number of halogens is 2. The van der Waals surface area contributed by atoms with Crippen molar-refractivity contribution in [1.82, 2.24) is 9.97 Å². The molecule has 0 saturated carbocycles. The molecule has 0 fully saturated rings. The lowest BCUT2D eigenvalue weighted by molar-refractivity contribution is 0.102. The van der Waals surface area contributed by atoms with E-state index in [1.165, 1.54) is 18.0 Å². The lowest BCUT2D eigenvalue weighted by atomic mass is 10.1. The van der Waals surface area contributed by atoms with Gasteiger partial charge in [-0.15, -0.1) is 0 Å². The molecule has 2 N–H and O–H groups in total. The molecule has 0 aliphatic rings. The molecule has 3 aromatic rings. The van der Waals surface area contributed by atoms with Gasteiger partial charge in [-0.3, -0.25) is 4.79 Å². The van der Waals surface area contributed by atoms with Gasteiger partial charge >= 0.3 is 0 Å². The van der Waals surface area contributed by atoms with Crippen LogP contribution in [0.1, 0.15) is 23.0 Å². The number of rotatable bonds is 5. The number of benzene rings is 2. The molecule has 3 rings (SSSR count). The number of carbonyl (C=O) groups excluding carboxylic acids is 1. The molecular formula is C19H16F2N4O. The predicted molar refractivity (Wildman–Crippen MR) is 95.4 cm³/mol. The Kier molecular flexibility index (Phi) is 5.17. The zero-order valence-electron chi connectivity index (χ0n) is 14.0. The summed E-state index contributed by atoms with van der Waals surface area (Å²) in [5.41, 5.74) is 1.95. The van der Waals surface area contributed by atoms with Gasteiger partial charge in [-0.2, -0.15) is 0 Å². The first-order valence-electron chi connectivity index (χ1n) is 7.99. The van der Waals surface area contributed by atoms with Crippen LogP contribution in [0, 0.1) is 11.6 Å². The highest BCUT2D eigenvalue weighted by atomic mass is 19.1. The summed E-state index contributed by atoms with van der Waals surface area (Å²) in [7, 11) is 0. The van der Waals surface area contributed by atoms with Gasteiger partial charge in [0.2, 0.25) is 0 Å². The zero-order chi connectivity index (χ0) is 18.5. The first kappa shape index (κ1) is 17.5. The van der Waals surface area contributed by atoms with Gasteiger partial charge < -0.3 is 10.6 Å². The molecule has 1 heterocycles. The summed E-state index contributed by atoms with van der Waals surface area (Å²) in [4.78, 5) is 20.2. The minimum Gasteiger partial charge on any atom is -0.340 e. The minimum absolute atomic E-state index is 0.0522. The van der Waals surface area contributed by atoms with Crippen LogP contribution in [0.5, 0.6) is 0 Å². The van der Waals surface area contributed by atoms with E-state index >= 15 is 0 Å². The number of amides is 1. The van der Waals surface area contributed by atoms with E-state index in [0.29, 0.717) is 11.9 Å². The van der Waals surface area contributed by atoms with E-state index in [4.69, 9.17) is 0 Å². The summed E-state index contributed by atoms with van der Waals surface area (Å²) >= 11 is 0. The van der Waals surface area contributed by atoms with Crippen molar-refractivity contribution in [2.75, 3.05) is 10.6 Å². The first-order chi connectivity index (χ1) is 12.5. The summed E-state index contributed by atoms with van der Waals surface area (Å²) < 4.78 is 26.6. The molecule has 0 radical (unpaired) electrons. The number of aromatic nitrogens is 2. The van der Waals surface area contributed by atoms with Crippen LogP contribution >= 0.6 is 0 Å². The molecule has 7 heteroatoms. The van der Waals surface area contributed by atoms with Crippen LogP contribution in [-0.4, -0.2) is 15.9 Å². The minimum atomic E-state index is -0.859. The maximum absolute atomic E-state index is 13.7. The van der Waals surface area contributed by atoms with E-state index in [9.17, 15) is 13.6 Å². The highest BCUT2D eigenvalue weighted by Gasteiger charge is 2.12. The standard InChI is InChI=1S/C19H16F2N4O/c1-2-12-3-6-14(7-4-12)24-18-10-17(22-11-23-18)19(26)25-16-8-5-13(20)9-15(16)21/h3-11H,2H2,1H3,(H,25,26)(H,22,23,24). The third-order valence-electron chi connectivity index (χ3n) is 3.71. The number of hydrogen-bond donors (Lipinski definition) is 2. The summed E-state index contributed by atoms with van der Waals surface area (Å²) in [6.45, 7) is 2.07. The Balaban J connectivity index is 1.74. The zero-order valence-corrected chi connectivity index (χ0v) is 14.0. The molecular weight excluding hydrogens is 338 g/mol. The third kappa shape index (κ3) is 4.18. The van der Waals surface area contributed by atoms with Crippen LogP contribution in [0.3, 0.4) is 0 Å². The fourth-order valence-electron chi connectivity index (χ4n) is 2.30. The Labute approximate surface area is 149 Å². The van der Waals surface area contributed by atoms with Gasteiger partial charge in [0, 0.05) is 17.8 Å². The number of nitrogens with one attached hydrogen (secondary N) is 2. The van der Waals surface area contributed by atoms with Crippen molar-refractivity contribution in [1.29, 1.82) is 0 Å². The van der Waals surface area contributed by atoms with E-state index in [1.807, 2.05) is 24.3 Å². The molecule has 0 unspecified atom stereocenters. The Morgan fingerprint density at radius 2 is 1.81 bits per heavy atom. The van der Waals surface area contributed by atoms with Crippen molar-refractivity contribution in [2.45, 2.75) is 13.3 Å². The van der Waals surface area contributed by atoms with Gasteiger partial charge in [0.1, 0.15) is 29.5 Å². The van der Waals surface area contributed by atoms with Crippen molar-refractivity contribution in [3.63, 3.8) is 0 Å². The van der Waals surface area contributed by atoms with Crippen LogP contribution in [-0.2, 0) is 6.42 Å². The number of nitrogens with zero attached hydrogens (tertiary/aromatic N) is 2. The highest BCUT2D eigenvalue weighted by molar-refractivity contribution is 6.03. The molecule has 0 bridgehead atoms. The van der Waals surface area contributed by atoms with E-state index in [0.717, 1.165) is 24.2 Å². The van der Waals surface area contributed by atoms with Crippen molar-refractivity contribution < 1.29 is 13.6 Å². The van der Waals surface area contributed by atoms with E-state index in [2.05, 4.69) is 27.5 Å². The molecule has 1 aromatic heterocycles. The Morgan fingerprint density at radius 3 is 2.50 bits per heavy atom. The Morgan fingerprint density at radius 1 is 1.04 bits per heavy atom. The molecule has 0 atom stereocenters. The van der Waals surface area contributed by atoms with Crippen LogP contribution in [0.15, 0.2) is 54.9 Å². The van der Waals surface area contributed by atoms with Crippen LogP contribution < -0.4 is 10.6 Å². The quantitative estimate of drug-likeness (QED) is 0.716. The normalized spacial score (nSPS) is 10.4. The molecule has 0 aliphatic carbocycles. The predicted octanol–water partition coefficient (Wildman–Crippen LogP) is 4.31. The molecule has 0 spiro atoms. The Hall–Kier alpha value is -3.35. The molecule has 5 nitrogen and oxygen atoms in total. The summed E-state index contributed by atoms with van der Waals surface area (Å²) in [6.07, 6.45) is 2.18. The second-order valence-electron chi connectivity index (χ2n) is 5.54. The Bertz CT molecular complexity index is 929. The lowest BCUT2D eigenvalue weighted by Gasteiger charge is -2.09. The fraction of sp³-hybridized carbons (Fsp3) is 0.105. The molecule has 1 amide bonds. The molecule has 0 saturated heterocycles. The average Bonchev–Trinajstić information content (AvgIpc) is 2.65. The van der Waals surface area contributed by atoms with Gasteiger partial charge in [-0.05, 0) is 36.2 Å². The topological polar surface area (TPSA) is 66.9 Å². The van der Waals surface area contributed by atoms with Gasteiger partial charge in [0.25, 0.3) is 5.91 Å². The van der Waals surface area contributed by atoms with Gasteiger partial charge in [-0.1, -0.05) is 19.1 Å². The third-order valence-corrected chi connectivity index (χ3v) is 3.71. The van der Waals surface area contributed by atoms with E-state index < -0.39 is 17.5 Å².